The Morgan fingerprint density at radius 2 is 2.28 bits per heavy atom. The van der Waals surface area contributed by atoms with E-state index < -0.39 is 0 Å². The maximum atomic E-state index is 3.53. The van der Waals surface area contributed by atoms with Crippen LogP contribution in [0.15, 0.2) is 17.5 Å². The zero-order chi connectivity index (χ0) is 13.2. The Balaban J connectivity index is 1.99. The molecule has 0 aliphatic carbocycles. The standard InChI is InChI=1S/C14H26N2S2/c1-13(7-12-17-3)16(2)10-9-15-8-6-14-5-4-11-18-14/h4-5,11,13,15H,6-10,12H2,1-3H3. The van der Waals surface area contributed by atoms with Crippen molar-refractivity contribution in [1.29, 1.82) is 0 Å². The summed E-state index contributed by atoms with van der Waals surface area (Å²) < 4.78 is 0. The van der Waals surface area contributed by atoms with Crippen LogP contribution in [0.1, 0.15) is 18.2 Å². The van der Waals surface area contributed by atoms with E-state index in [4.69, 9.17) is 0 Å². The summed E-state index contributed by atoms with van der Waals surface area (Å²) in [5.41, 5.74) is 0. The predicted molar refractivity (Wildman–Crippen MR) is 86.0 cm³/mol. The van der Waals surface area contributed by atoms with E-state index in [1.165, 1.54) is 17.1 Å². The van der Waals surface area contributed by atoms with Gasteiger partial charge in [0, 0.05) is 30.6 Å². The second-order valence-corrected chi connectivity index (χ2v) is 6.71. The van der Waals surface area contributed by atoms with E-state index in [9.17, 15) is 0 Å². The Labute approximate surface area is 120 Å². The molecule has 0 saturated heterocycles. The van der Waals surface area contributed by atoms with E-state index in [2.05, 4.69) is 48.0 Å². The Kier molecular flexibility index (Phi) is 8.76. The van der Waals surface area contributed by atoms with Crippen LogP contribution in [0, 0.1) is 0 Å². The lowest BCUT2D eigenvalue weighted by Crippen LogP contribution is -2.36. The van der Waals surface area contributed by atoms with Gasteiger partial charge in [0.15, 0.2) is 0 Å². The molecule has 0 aliphatic rings. The smallest absolute Gasteiger partial charge is 0.0107 e. The second kappa shape index (κ2) is 9.84. The van der Waals surface area contributed by atoms with Gasteiger partial charge in [0.2, 0.25) is 0 Å². The number of thiophene rings is 1. The first-order chi connectivity index (χ1) is 8.74. The largest absolute Gasteiger partial charge is 0.315 e. The van der Waals surface area contributed by atoms with Crippen molar-refractivity contribution in [3.8, 4) is 0 Å². The van der Waals surface area contributed by atoms with Gasteiger partial charge in [0.05, 0.1) is 0 Å². The van der Waals surface area contributed by atoms with E-state index >= 15 is 0 Å². The van der Waals surface area contributed by atoms with Crippen LogP contribution in [0.4, 0.5) is 0 Å². The highest BCUT2D eigenvalue weighted by atomic mass is 32.2. The third-order valence-electron chi connectivity index (χ3n) is 3.26. The van der Waals surface area contributed by atoms with Gasteiger partial charge in [-0.25, -0.2) is 0 Å². The van der Waals surface area contributed by atoms with Gasteiger partial charge in [-0.15, -0.1) is 11.3 Å². The molecule has 0 bridgehead atoms. The summed E-state index contributed by atoms with van der Waals surface area (Å²) in [5.74, 6) is 1.26. The Hall–Kier alpha value is -0.0300. The fourth-order valence-electron chi connectivity index (χ4n) is 1.78. The molecule has 0 amide bonds. The molecule has 1 N–H and O–H groups in total. The van der Waals surface area contributed by atoms with Gasteiger partial charge in [0.1, 0.15) is 0 Å². The molecule has 1 rings (SSSR count). The minimum absolute atomic E-state index is 0.691. The van der Waals surface area contributed by atoms with Crippen LogP contribution in [-0.4, -0.2) is 49.6 Å². The maximum Gasteiger partial charge on any atom is 0.0107 e. The molecule has 1 aromatic rings. The van der Waals surface area contributed by atoms with Crippen molar-refractivity contribution >= 4 is 23.1 Å². The fourth-order valence-corrected chi connectivity index (χ4v) is 3.06. The molecule has 0 radical (unpaired) electrons. The van der Waals surface area contributed by atoms with Gasteiger partial charge in [-0.05, 0) is 50.3 Å². The van der Waals surface area contributed by atoms with Crippen LogP contribution in [0.25, 0.3) is 0 Å². The Morgan fingerprint density at radius 1 is 1.44 bits per heavy atom. The van der Waals surface area contributed by atoms with Gasteiger partial charge >= 0.3 is 0 Å². The average Bonchev–Trinajstić information content (AvgIpc) is 2.88. The summed E-state index contributed by atoms with van der Waals surface area (Å²) in [7, 11) is 2.23. The lowest BCUT2D eigenvalue weighted by molar-refractivity contribution is 0.253. The maximum absolute atomic E-state index is 3.53. The summed E-state index contributed by atoms with van der Waals surface area (Å²) >= 11 is 3.79. The quantitative estimate of drug-likeness (QED) is 0.666. The van der Waals surface area contributed by atoms with E-state index in [1.807, 2.05) is 23.1 Å². The molecule has 18 heavy (non-hydrogen) atoms. The van der Waals surface area contributed by atoms with Crippen molar-refractivity contribution in [3.63, 3.8) is 0 Å². The topological polar surface area (TPSA) is 15.3 Å². The summed E-state index contributed by atoms with van der Waals surface area (Å²) in [5, 5.41) is 5.67. The first-order valence-electron chi connectivity index (χ1n) is 6.66. The lowest BCUT2D eigenvalue weighted by atomic mass is 10.2. The third kappa shape index (κ3) is 6.78. The minimum atomic E-state index is 0.691. The molecule has 4 heteroatoms. The molecule has 0 spiro atoms. The van der Waals surface area contributed by atoms with Gasteiger partial charge in [-0.2, -0.15) is 11.8 Å². The molecule has 0 aliphatic heterocycles. The number of rotatable bonds is 10. The minimum Gasteiger partial charge on any atom is -0.315 e. The summed E-state index contributed by atoms with van der Waals surface area (Å²) in [6.45, 7) is 5.64. The SMILES string of the molecule is CSCCC(C)N(C)CCNCCc1cccs1. The highest BCUT2D eigenvalue weighted by Crippen LogP contribution is 2.08. The Morgan fingerprint density at radius 3 is 2.94 bits per heavy atom. The van der Waals surface area contributed by atoms with E-state index in [-0.39, 0.29) is 0 Å². The molecular weight excluding hydrogens is 260 g/mol. The van der Waals surface area contributed by atoms with E-state index in [0.29, 0.717) is 6.04 Å². The van der Waals surface area contributed by atoms with Gasteiger partial charge in [-0.1, -0.05) is 6.07 Å². The van der Waals surface area contributed by atoms with E-state index in [0.717, 1.165) is 26.1 Å². The first-order valence-corrected chi connectivity index (χ1v) is 8.93. The second-order valence-electron chi connectivity index (χ2n) is 4.69. The van der Waals surface area contributed by atoms with Crippen molar-refractivity contribution < 1.29 is 0 Å². The number of hydrogen-bond donors (Lipinski definition) is 1. The Bertz CT molecular complexity index is 288. The van der Waals surface area contributed by atoms with Crippen molar-refractivity contribution in [2.75, 3.05) is 38.7 Å². The number of nitrogens with zero attached hydrogens (tertiary/aromatic N) is 1. The molecule has 104 valence electrons. The molecule has 1 heterocycles. The fraction of sp³-hybridized carbons (Fsp3) is 0.714. The first kappa shape index (κ1) is 16.0. The van der Waals surface area contributed by atoms with Crippen molar-refractivity contribution in [1.82, 2.24) is 10.2 Å². The molecule has 0 fully saturated rings. The van der Waals surface area contributed by atoms with Crippen LogP contribution >= 0.6 is 23.1 Å². The summed E-state index contributed by atoms with van der Waals surface area (Å²) in [6, 6.07) is 5.03. The molecule has 2 nitrogen and oxygen atoms in total. The van der Waals surface area contributed by atoms with E-state index in [1.54, 1.807) is 0 Å². The highest BCUT2D eigenvalue weighted by Gasteiger charge is 2.07. The zero-order valence-corrected chi connectivity index (χ0v) is 13.4. The molecule has 1 atom stereocenters. The van der Waals surface area contributed by atoms with Crippen LogP contribution in [0.5, 0.6) is 0 Å². The average molecular weight is 287 g/mol. The molecule has 1 aromatic heterocycles. The van der Waals surface area contributed by atoms with Crippen LogP contribution in [0.3, 0.4) is 0 Å². The summed E-state index contributed by atoms with van der Waals surface area (Å²) in [4.78, 5) is 3.93. The molecule has 0 saturated carbocycles. The zero-order valence-electron chi connectivity index (χ0n) is 11.8. The summed E-state index contributed by atoms with van der Waals surface area (Å²) in [6.07, 6.45) is 4.62. The number of nitrogens with one attached hydrogen (secondary N) is 1. The number of hydrogen-bond acceptors (Lipinski definition) is 4. The van der Waals surface area contributed by atoms with Crippen molar-refractivity contribution in [2.24, 2.45) is 0 Å². The molecule has 0 aromatic carbocycles. The lowest BCUT2D eigenvalue weighted by Gasteiger charge is -2.24. The third-order valence-corrected chi connectivity index (χ3v) is 4.84. The van der Waals surface area contributed by atoms with Gasteiger partial charge in [0.25, 0.3) is 0 Å². The van der Waals surface area contributed by atoms with Gasteiger partial charge < -0.3 is 10.2 Å². The van der Waals surface area contributed by atoms with Crippen LogP contribution in [-0.2, 0) is 6.42 Å². The molecule has 1 unspecified atom stereocenters. The monoisotopic (exact) mass is 286 g/mol. The van der Waals surface area contributed by atoms with Crippen molar-refractivity contribution in [3.05, 3.63) is 22.4 Å². The van der Waals surface area contributed by atoms with Gasteiger partial charge in [-0.3, -0.25) is 0 Å². The molecular formula is C14H26N2S2. The normalized spacial score (nSPS) is 13.1. The number of likely N-dealkylation sites (N-methyl/N-ethyl adjacent to an activating group) is 1. The highest BCUT2D eigenvalue weighted by molar-refractivity contribution is 7.98. The van der Waals surface area contributed by atoms with Crippen LogP contribution in [0.2, 0.25) is 0 Å². The predicted octanol–water partition coefficient (Wildman–Crippen LogP) is 2.95. The van der Waals surface area contributed by atoms with Crippen molar-refractivity contribution in [2.45, 2.75) is 25.8 Å². The van der Waals surface area contributed by atoms with Crippen LogP contribution < -0.4 is 5.32 Å². The number of thioether (sulfide) groups is 1.